The van der Waals surface area contributed by atoms with Gasteiger partial charge in [-0.3, -0.25) is 9.69 Å². The highest BCUT2D eigenvalue weighted by Gasteiger charge is 2.47. The van der Waals surface area contributed by atoms with Gasteiger partial charge >= 0.3 is 0 Å². The Balaban J connectivity index is 1.72. The number of carbonyl (C=O) groups excluding carboxylic acids is 1. The topological polar surface area (TPSA) is 32.3 Å². The third kappa shape index (κ3) is 3.48. The molecule has 1 aliphatic heterocycles. The van der Waals surface area contributed by atoms with E-state index >= 15 is 0 Å². The predicted molar refractivity (Wildman–Crippen MR) is 115 cm³/mol. The summed E-state index contributed by atoms with van der Waals surface area (Å²) in [6.07, 6.45) is 7.38. The lowest BCUT2D eigenvalue weighted by atomic mass is 9.81. The third-order valence-corrected chi connectivity index (χ3v) is 7.00. The van der Waals surface area contributed by atoms with E-state index in [0.29, 0.717) is 0 Å². The fourth-order valence-corrected chi connectivity index (χ4v) is 5.32. The van der Waals surface area contributed by atoms with Crippen molar-refractivity contribution in [2.24, 2.45) is 0 Å². The van der Waals surface area contributed by atoms with Crippen molar-refractivity contribution in [3.05, 3.63) is 70.8 Å². The standard InChI is InChI=1S/C25H32N2O/c1-19-11-10-14-22(20(19)2)24(28)26-23(21-12-4-3-5-13-21)25(15-6-7-16-25)27-17-8-9-18-27/h3-5,10-14,23H,6-9,15-18H2,1-2H3,(H,26,28). The zero-order valence-electron chi connectivity index (χ0n) is 17.2. The Bertz CT molecular complexity index is 818. The molecular formula is C25H32N2O. The fraction of sp³-hybridized carbons (Fsp3) is 0.480. The van der Waals surface area contributed by atoms with E-state index in [1.165, 1.54) is 49.7 Å². The van der Waals surface area contributed by atoms with Gasteiger partial charge in [0.1, 0.15) is 0 Å². The van der Waals surface area contributed by atoms with Crippen LogP contribution in [0.3, 0.4) is 0 Å². The van der Waals surface area contributed by atoms with Gasteiger partial charge in [0.25, 0.3) is 5.91 Å². The number of rotatable bonds is 5. The highest BCUT2D eigenvalue weighted by molar-refractivity contribution is 5.96. The van der Waals surface area contributed by atoms with Gasteiger partial charge < -0.3 is 5.32 Å². The number of aryl methyl sites for hydroxylation is 1. The monoisotopic (exact) mass is 376 g/mol. The lowest BCUT2D eigenvalue weighted by Crippen LogP contribution is -2.55. The van der Waals surface area contributed by atoms with Gasteiger partial charge in [-0.15, -0.1) is 0 Å². The maximum atomic E-state index is 13.4. The first-order valence-electron chi connectivity index (χ1n) is 10.8. The molecule has 1 N–H and O–H groups in total. The zero-order valence-corrected chi connectivity index (χ0v) is 17.2. The summed E-state index contributed by atoms with van der Waals surface area (Å²) >= 11 is 0. The molecule has 1 heterocycles. The van der Waals surface area contributed by atoms with Gasteiger partial charge in [0, 0.05) is 11.1 Å². The van der Waals surface area contributed by atoms with E-state index in [4.69, 9.17) is 0 Å². The maximum Gasteiger partial charge on any atom is 0.252 e. The Kier molecular flexibility index (Phi) is 5.54. The van der Waals surface area contributed by atoms with Gasteiger partial charge in [-0.25, -0.2) is 0 Å². The highest BCUT2D eigenvalue weighted by Crippen LogP contribution is 2.46. The van der Waals surface area contributed by atoms with Crippen LogP contribution in [0.1, 0.15) is 71.6 Å². The van der Waals surface area contributed by atoms with Crippen LogP contribution in [0.4, 0.5) is 0 Å². The van der Waals surface area contributed by atoms with Crippen molar-refractivity contribution in [1.82, 2.24) is 10.2 Å². The Hall–Kier alpha value is -2.13. The van der Waals surface area contributed by atoms with Crippen molar-refractivity contribution in [3.63, 3.8) is 0 Å². The van der Waals surface area contributed by atoms with Crippen LogP contribution in [0.2, 0.25) is 0 Å². The van der Waals surface area contributed by atoms with Crippen LogP contribution in [0.15, 0.2) is 48.5 Å². The molecule has 2 aromatic carbocycles. The number of benzene rings is 2. The van der Waals surface area contributed by atoms with Crippen molar-refractivity contribution < 1.29 is 4.79 Å². The summed E-state index contributed by atoms with van der Waals surface area (Å²) in [6.45, 7) is 6.43. The van der Waals surface area contributed by atoms with Gasteiger partial charge in [0.15, 0.2) is 0 Å². The fourth-order valence-electron chi connectivity index (χ4n) is 5.32. The normalized spacial score (nSPS) is 20.2. The molecule has 0 aromatic heterocycles. The van der Waals surface area contributed by atoms with E-state index in [9.17, 15) is 4.79 Å². The Morgan fingerprint density at radius 1 is 0.929 bits per heavy atom. The van der Waals surface area contributed by atoms with Crippen LogP contribution >= 0.6 is 0 Å². The highest BCUT2D eigenvalue weighted by atomic mass is 16.1. The van der Waals surface area contributed by atoms with Crippen molar-refractivity contribution in [1.29, 1.82) is 0 Å². The Morgan fingerprint density at radius 2 is 1.61 bits per heavy atom. The molecule has 1 unspecified atom stereocenters. The summed E-state index contributed by atoms with van der Waals surface area (Å²) in [5, 5.41) is 3.50. The van der Waals surface area contributed by atoms with Crippen LogP contribution in [-0.2, 0) is 0 Å². The van der Waals surface area contributed by atoms with Crippen molar-refractivity contribution in [2.45, 2.75) is 64.0 Å². The maximum absolute atomic E-state index is 13.4. The minimum Gasteiger partial charge on any atom is -0.343 e. The molecule has 1 saturated carbocycles. The van der Waals surface area contributed by atoms with Gasteiger partial charge in [0.05, 0.1) is 6.04 Å². The van der Waals surface area contributed by atoms with E-state index in [0.717, 1.165) is 24.2 Å². The number of likely N-dealkylation sites (tertiary alicyclic amines) is 1. The van der Waals surface area contributed by atoms with Gasteiger partial charge in [-0.1, -0.05) is 55.3 Å². The van der Waals surface area contributed by atoms with Crippen molar-refractivity contribution in [2.75, 3.05) is 13.1 Å². The van der Waals surface area contributed by atoms with Crippen molar-refractivity contribution in [3.8, 4) is 0 Å². The minimum atomic E-state index is 0.0294. The van der Waals surface area contributed by atoms with Gasteiger partial charge in [-0.2, -0.15) is 0 Å². The second kappa shape index (κ2) is 8.08. The first-order valence-corrected chi connectivity index (χ1v) is 10.8. The quantitative estimate of drug-likeness (QED) is 0.779. The van der Waals surface area contributed by atoms with E-state index < -0.39 is 0 Å². The first-order chi connectivity index (χ1) is 13.6. The van der Waals surface area contributed by atoms with Gasteiger partial charge in [0.2, 0.25) is 0 Å². The average molecular weight is 377 g/mol. The summed E-state index contributed by atoms with van der Waals surface area (Å²) in [5.41, 5.74) is 4.32. The molecule has 0 radical (unpaired) electrons. The molecule has 1 saturated heterocycles. The first kappa shape index (κ1) is 19.2. The summed E-state index contributed by atoms with van der Waals surface area (Å²) in [6, 6.07) is 16.7. The largest absolute Gasteiger partial charge is 0.343 e. The third-order valence-electron chi connectivity index (χ3n) is 7.00. The molecule has 4 rings (SSSR count). The number of nitrogens with zero attached hydrogens (tertiary/aromatic N) is 1. The van der Waals surface area contributed by atoms with E-state index in [1.54, 1.807) is 0 Å². The van der Waals surface area contributed by atoms with E-state index in [1.807, 2.05) is 19.1 Å². The molecule has 1 atom stereocenters. The Labute approximate surface area is 169 Å². The average Bonchev–Trinajstić information content (AvgIpc) is 3.41. The minimum absolute atomic E-state index is 0.0294. The predicted octanol–water partition coefficient (Wildman–Crippen LogP) is 5.18. The molecule has 3 heteroatoms. The number of carbonyl (C=O) groups is 1. The number of hydrogen-bond acceptors (Lipinski definition) is 2. The molecule has 2 aliphatic rings. The zero-order chi connectivity index (χ0) is 19.6. The molecule has 1 aliphatic carbocycles. The molecule has 0 bridgehead atoms. The number of nitrogens with one attached hydrogen (secondary N) is 1. The van der Waals surface area contributed by atoms with Crippen LogP contribution in [0.25, 0.3) is 0 Å². The van der Waals surface area contributed by atoms with E-state index in [-0.39, 0.29) is 17.5 Å². The number of hydrogen-bond donors (Lipinski definition) is 1. The molecule has 1 amide bonds. The van der Waals surface area contributed by atoms with Crippen molar-refractivity contribution >= 4 is 5.91 Å². The lowest BCUT2D eigenvalue weighted by Gasteiger charge is -2.45. The summed E-state index contributed by atoms with van der Waals surface area (Å²) in [7, 11) is 0. The second-order valence-corrected chi connectivity index (χ2v) is 8.57. The molecule has 148 valence electrons. The molecular weight excluding hydrogens is 344 g/mol. The summed E-state index contributed by atoms with van der Waals surface area (Å²) < 4.78 is 0. The summed E-state index contributed by atoms with van der Waals surface area (Å²) in [4.78, 5) is 16.1. The molecule has 2 aromatic rings. The van der Waals surface area contributed by atoms with Crippen LogP contribution in [0.5, 0.6) is 0 Å². The molecule has 3 nitrogen and oxygen atoms in total. The SMILES string of the molecule is Cc1cccc(C(=O)NC(c2ccccc2)C2(N3CCCC3)CCCC2)c1C. The lowest BCUT2D eigenvalue weighted by molar-refractivity contribution is 0.0642. The smallest absolute Gasteiger partial charge is 0.252 e. The molecule has 28 heavy (non-hydrogen) atoms. The van der Waals surface area contributed by atoms with Crippen LogP contribution in [0, 0.1) is 13.8 Å². The molecule has 2 fully saturated rings. The van der Waals surface area contributed by atoms with E-state index in [2.05, 4.69) is 53.5 Å². The molecule has 0 spiro atoms. The second-order valence-electron chi connectivity index (χ2n) is 8.57. The van der Waals surface area contributed by atoms with Crippen LogP contribution < -0.4 is 5.32 Å². The Morgan fingerprint density at radius 3 is 2.29 bits per heavy atom. The van der Waals surface area contributed by atoms with Crippen LogP contribution in [-0.4, -0.2) is 29.4 Å². The van der Waals surface area contributed by atoms with Gasteiger partial charge in [-0.05, 0) is 75.4 Å². The summed E-state index contributed by atoms with van der Waals surface area (Å²) in [5.74, 6) is 0.0560. The number of amides is 1.